The number of thiophene rings is 1. The van der Waals surface area contributed by atoms with E-state index in [4.69, 9.17) is 0 Å². The van der Waals surface area contributed by atoms with E-state index in [1.165, 1.54) is 4.88 Å². The minimum Gasteiger partial charge on any atom is -0.339 e. The monoisotopic (exact) mass is 333 g/mol. The Kier molecular flexibility index (Phi) is 6.52. The number of hydrogen-bond acceptors (Lipinski definition) is 3. The van der Waals surface area contributed by atoms with Crippen molar-refractivity contribution in [2.75, 3.05) is 13.1 Å². The number of benzene rings is 1. The molecule has 0 bridgehead atoms. The Morgan fingerprint density at radius 3 is 2.64 bits per heavy atom. The Morgan fingerprint density at radius 2 is 2.00 bits per heavy atom. The van der Waals surface area contributed by atoms with E-state index in [0.717, 1.165) is 29.3 Å². The lowest BCUT2D eigenvalue weighted by Gasteiger charge is -2.24. The normalized spacial score (nSPS) is 10.9. The molecule has 4 heteroatoms. The highest BCUT2D eigenvalue weighted by atomic mass is 32.2. The standard InChI is InChI=1S/C18H23NOS2/c1-4-19(12-14(2)3)18(20)16-9-5-6-10-17(16)22-13-15-8-7-11-21-15/h5-11,14H,4,12-13H2,1-3H3. The number of amides is 1. The van der Waals surface area contributed by atoms with Gasteiger partial charge in [-0.3, -0.25) is 4.79 Å². The Hall–Kier alpha value is -1.26. The predicted octanol–water partition coefficient (Wildman–Crippen LogP) is 5.16. The van der Waals surface area contributed by atoms with E-state index in [2.05, 4.69) is 37.4 Å². The molecule has 0 aliphatic heterocycles. The SMILES string of the molecule is CCN(CC(C)C)C(=O)c1ccccc1SCc1cccs1. The fourth-order valence-corrected chi connectivity index (χ4v) is 4.10. The summed E-state index contributed by atoms with van der Waals surface area (Å²) in [6.45, 7) is 7.89. The molecule has 0 atom stereocenters. The summed E-state index contributed by atoms with van der Waals surface area (Å²) in [5.41, 5.74) is 0.826. The van der Waals surface area contributed by atoms with Gasteiger partial charge in [0.2, 0.25) is 0 Å². The first-order valence-electron chi connectivity index (χ1n) is 7.65. The molecule has 0 spiro atoms. The van der Waals surface area contributed by atoms with Crippen LogP contribution in [-0.2, 0) is 5.75 Å². The van der Waals surface area contributed by atoms with Crippen LogP contribution in [0.15, 0.2) is 46.7 Å². The van der Waals surface area contributed by atoms with E-state index in [-0.39, 0.29) is 5.91 Å². The largest absolute Gasteiger partial charge is 0.339 e. The van der Waals surface area contributed by atoms with Crippen LogP contribution in [0.5, 0.6) is 0 Å². The molecule has 0 aliphatic rings. The highest BCUT2D eigenvalue weighted by Gasteiger charge is 2.18. The average Bonchev–Trinajstić information content (AvgIpc) is 3.03. The lowest BCUT2D eigenvalue weighted by molar-refractivity contribution is 0.0742. The van der Waals surface area contributed by atoms with Crippen LogP contribution in [0.2, 0.25) is 0 Å². The van der Waals surface area contributed by atoms with Crippen LogP contribution in [0.4, 0.5) is 0 Å². The summed E-state index contributed by atoms with van der Waals surface area (Å²) in [7, 11) is 0. The van der Waals surface area contributed by atoms with Gasteiger partial charge >= 0.3 is 0 Å². The Balaban J connectivity index is 2.14. The van der Waals surface area contributed by atoms with Gasteiger partial charge in [-0.2, -0.15) is 0 Å². The second kappa shape index (κ2) is 8.39. The molecule has 0 saturated carbocycles. The van der Waals surface area contributed by atoms with E-state index in [0.29, 0.717) is 5.92 Å². The summed E-state index contributed by atoms with van der Waals surface area (Å²) in [5.74, 6) is 1.54. The molecule has 0 aliphatic carbocycles. The Morgan fingerprint density at radius 1 is 1.23 bits per heavy atom. The van der Waals surface area contributed by atoms with E-state index < -0.39 is 0 Å². The van der Waals surface area contributed by atoms with Crippen LogP contribution in [0.25, 0.3) is 0 Å². The van der Waals surface area contributed by atoms with E-state index in [1.807, 2.05) is 30.0 Å². The van der Waals surface area contributed by atoms with Gasteiger partial charge in [-0.25, -0.2) is 0 Å². The molecular formula is C18H23NOS2. The molecule has 22 heavy (non-hydrogen) atoms. The van der Waals surface area contributed by atoms with Crippen molar-refractivity contribution in [3.8, 4) is 0 Å². The van der Waals surface area contributed by atoms with Crippen LogP contribution in [0.1, 0.15) is 36.0 Å². The molecule has 2 rings (SSSR count). The van der Waals surface area contributed by atoms with Crippen LogP contribution < -0.4 is 0 Å². The predicted molar refractivity (Wildman–Crippen MR) is 96.7 cm³/mol. The van der Waals surface area contributed by atoms with Crippen molar-refractivity contribution in [1.82, 2.24) is 4.90 Å². The maximum atomic E-state index is 12.8. The smallest absolute Gasteiger partial charge is 0.254 e. The molecule has 1 aromatic carbocycles. The van der Waals surface area contributed by atoms with Crippen LogP contribution in [0.3, 0.4) is 0 Å². The average molecular weight is 334 g/mol. The maximum Gasteiger partial charge on any atom is 0.254 e. The molecule has 1 aromatic heterocycles. The number of nitrogens with zero attached hydrogens (tertiary/aromatic N) is 1. The molecule has 0 radical (unpaired) electrons. The second-order valence-electron chi connectivity index (χ2n) is 5.60. The molecule has 1 amide bonds. The quantitative estimate of drug-likeness (QED) is 0.652. The van der Waals surface area contributed by atoms with Crippen LogP contribution >= 0.6 is 23.1 Å². The van der Waals surface area contributed by atoms with E-state index >= 15 is 0 Å². The van der Waals surface area contributed by atoms with Crippen molar-refractivity contribution in [3.63, 3.8) is 0 Å². The highest BCUT2D eigenvalue weighted by molar-refractivity contribution is 7.98. The third kappa shape index (κ3) is 4.62. The highest BCUT2D eigenvalue weighted by Crippen LogP contribution is 2.28. The Bertz CT molecular complexity index is 593. The molecule has 0 fully saturated rings. The van der Waals surface area contributed by atoms with Gasteiger partial charge in [0.1, 0.15) is 0 Å². The van der Waals surface area contributed by atoms with Crippen molar-refractivity contribution in [2.45, 2.75) is 31.4 Å². The molecule has 2 nitrogen and oxygen atoms in total. The summed E-state index contributed by atoms with van der Waals surface area (Å²) < 4.78 is 0. The number of carbonyl (C=O) groups excluding carboxylic acids is 1. The zero-order valence-electron chi connectivity index (χ0n) is 13.4. The first-order valence-corrected chi connectivity index (χ1v) is 9.51. The zero-order chi connectivity index (χ0) is 15.9. The summed E-state index contributed by atoms with van der Waals surface area (Å²) in [6.07, 6.45) is 0. The number of carbonyl (C=O) groups is 1. The molecule has 1 heterocycles. The lowest BCUT2D eigenvalue weighted by atomic mass is 10.1. The third-order valence-electron chi connectivity index (χ3n) is 3.32. The van der Waals surface area contributed by atoms with Crippen LogP contribution in [-0.4, -0.2) is 23.9 Å². The van der Waals surface area contributed by atoms with E-state index in [9.17, 15) is 4.79 Å². The van der Waals surface area contributed by atoms with Crippen LogP contribution in [0, 0.1) is 5.92 Å². The first kappa shape index (κ1) is 17.1. The van der Waals surface area contributed by atoms with Gasteiger partial charge in [0.15, 0.2) is 0 Å². The molecular weight excluding hydrogens is 310 g/mol. The first-order chi connectivity index (χ1) is 10.6. The molecule has 2 aromatic rings. The van der Waals surface area contributed by atoms with Crippen molar-refractivity contribution >= 4 is 29.0 Å². The van der Waals surface area contributed by atoms with Gasteiger partial charge in [0.25, 0.3) is 5.91 Å². The third-order valence-corrected chi connectivity index (χ3v) is 5.50. The summed E-state index contributed by atoms with van der Waals surface area (Å²) in [4.78, 5) is 17.2. The number of hydrogen-bond donors (Lipinski definition) is 0. The zero-order valence-corrected chi connectivity index (χ0v) is 15.0. The van der Waals surface area contributed by atoms with Crippen molar-refractivity contribution in [2.24, 2.45) is 5.92 Å². The molecule has 118 valence electrons. The Labute approximate surface area is 141 Å². The van der Waals surface area contributed by atoms with E-state index in [1.54, 1.807) is 23.1 Å². The minimum absolute atomic E-state index is 0.144. The fourth-order valence-electron chi connectivity index (χ4n) is 2.28. The molecule has 0 unspecified atom stereocenters. The molecule has 0 N–H and O–H groups in total. The van der Waals surface area contributed by atoms with Gasteiger partial charge in [0.05, 0.1) is 5.56 Å². The number of thioether (sulfide) groups is 1. The molecule has 0 saturated heterocycles. The van der Waals surface area contributed by atoms with Crippen molar-refractivity contribution < 1.29 is 4.79 Å². The topological polar surface area (TPSA) is 20.3 Å². The van der Waals surface area contributed by atoms with Gasteiger partial charge < -0.3 is 4.90 Å². The lowest BCUT2D eigenvalue weighted by Crippen LogP contribution is -2.34. The van der Waals surface area contributed by atoms with Gasteiger partial charge in [-0.15, -0.1) is 23.1 Å². The summed E-state index contributed by atoms with van der Waals surface area (Å²) >= 11 is 3.50. The maximum absolute atomic E-state index is 12.8. The van der Waals surface area contributed by atoms with Crippen molar-refractivity contribution in [3.05, 3.63) is 52.2 Å². The van der Waals surface area contributed by atoms with Gasteiger partial charge in [-0.1, -0.05) is 32.0 Å². The summed E-state index contributed by atoms with van der Waals surface area (Å²) in [5, 5.41) is 2.09. The van der Waals surface area contributed by atoms with Gasteiger partial charge in [-0.05, 0) is 36.4 Å². The second-order valence-corrected chi connectivity index (χ2v) is 7.65. The van der Waals surface area contributed by atoms with Crippen molar-refractivity contribution in [1.29, 1.82) is 0 Å². The summed E-state index contributed by atoms with van der Waals surface area (Å²) in [6, 6.07) is 12.2. The number of rotatable bonds is 7. The minimum atomic E-state index is 0.144. The van der Waals surface area contributed by atoms with Gasteiger partial charge in [0, 0.05) is 28.6 Å². The fraction of sp³-hybridized carbons (Fsp3) is 0.389.